The van der Waals surface area contributed by atoms with Crippen LogP contribution in [0.1, 0.15) is 58.8 Å². The van der Waals surface area contributed by atoms with E-state index in [9.17, 15) is 9.59 Å². The topological polar surface area (TPSA) is 49.4 Å². The molecule has 1 saturated heterocycles. The summed E-state index contributed by atoms with van der Waals surface area (Å²) in [6, 6.07) is 0. The fourth-order valence-electron chi connectivity index (χ4n) is 3.27. The minimum absolute atomic E-state index is 0.0195. The predicted molar refractivity (Wildman–Crippen MR) is 74.6 cm³/mol. The third-order valence-electron chi connectivity index (χ3n) is 4.33. The fraction of sp³-hybridized carbons (Fsp3) is 0.867. The molecule has 4 heteroatoms. The van der Waals surface area contributed by atoms with Crippen molar-refractivity contribution in [2.75, 3.05) is 13.1 Å². The highest BCUT2D eigenvalue weighted by atomic mass is 16.2. The first kappa shape index (κ1) is 14.4. The van der Waals surface area contributed by atoms with Gasteiger partial charge in [0.15, 0.2) is 0 Å². The van der Waals surface area contributed by atoms with Crippen molar-refractivity contribution in [3.63, 3.8) is 0 Å². The maximum atomic E-state index is 12.6. The standard InChI is InChI=1S/C15H26N2O2/c1-12(2)7-6-10-17-11-13(18)16-15(14(17)19)8-4-3-5-9-15/h12H,3-11H2,1-2H3,(H,16,18). The summed E-state index contributed by atoms with van der Waals surface area (Å²) >= 11 is 0. The van der Waals surface area contributed by atoms with Crippen LogP contribution in [0.2, 0.25) is 0 Å². The van der Waals surface area contributed by atoms with Crippen molar-refractivity contribution < 1.29 is 9.59 Å². The maximum absolute atomic E-state index is 12.6. The number of rotatable bonds is 4. The van der Waals surface area contributed by atoms with Crippen LogP contribution < -0.4 is 5.32 Å². The first-order valence-corrected chi connectivity index (χ1v) is 7.64. The van der Waals surface area contributed by atoms with Gasteiger partial charge < -0.3 is 10.2 Å². The normalized spacial score (nSPS) is 23.0. The van der Waals surface area contributed by atoms with E-state index in [1.54, 1.807) is 4.90 Å². The van der Waals surface area contributed by atoms with E-state index in [0.717, 1.165) is 45.1 Å². The van der Waals surface area contributed by atoms with Gasteiger partial charge in [-0.05, 0) is 31.6 Å². The summed E-state index contributed by atoms with van der Waals surface area (Å²) in [7, 11) is 0. The van der Waals surface area contributed by atoms with Gasteiger partial charge in [-0.15, -0.1) is 0 Å². The zero-order chi connectivity index (χ0) is 13.9. The van der Waals surface area contributed by atoms with Crippen LogP contribution in [0.3, 0.4) is 0 Å². The number of amides is 2. The van der Waals surface area contributed by atoms with Crippen molar-refractivity contribution in [3.8, 4) is 0 Å². The summed E-state index contributed by atoms with van der Waals surface area (Å²) in [5.74, 6) is 0.832. The molecule has 4 nitrogen and oxygen atoms in total. The molecule has 0 aromatic carbocycles. The van der Waals surface area contributed by atoms with Crippen LogP contribution in [0, 0.1) is 5.92 Å². The van der Waals surface area contributed by atoms with Crippen LogP contribution in [0.4, 0.5) is 0 Å². The van der Waals surface area contributed by atoms with Gasteiger partial charge in [-0.25, -0.2) is 0 Å². The summed E-state index contributed by atoms with van der Waals surface area (Å²) in [5.41, 5.74) is -0.564. The zero-order valence-corrected chi connectivity index (χ0v) is 12.2. The molecule has 1 aliphatic heterocycles. The van der Waals surface area contributed by atoms with E-state index >= 15 is 0 Å². The first-order chi connectivity index (χ1) is 9.03. The molecule has 0 aromatic heterocycles. The van der Waals surface area contributed by atoms with Crippen LogP contribution >= 0.6 is 0 Å². The van der Waals surface area contributed by atoms with Crippen LogP contribution in [0.15, 0.2) is 0 Å². The van der Waals surface area contributed by atoms with Crippen LogP contribution in [0.5, 0.6) is 0 Å². The molecular formula is C15H26N2O2. The molecule has 2 rings (SSSR count). The molecule has 1 heterocycles. The number of carbonyl (C=O) groups excluding carboxylic acids is 2. The van der Waals surface area contributed by atoms with E-state index in [4.69, 9.17) is 0 Å². The Bertz CT molecular complexity index is 346. The van der Waals surface area contributed by atoms with Gasteiger partial charge in [0, 0.05) is 6.54 Å². The molecule has 2 amide bonds. The predicted octanol–water partition coefficient (Wildman–Crippen LogP) is 2.08. The van der Waals surface area contributed by atoms with Gasteiger partial charge in [-0.1, -0.05) is 33.1 Å². The highest BCUT2D eigenvalue weighted by Crippen LogP contribution is 2.32. The van der Waals surface area contributed by atoms with Gasteiger partial charge in [0.2, 0.25) is 11.8 Å². The Morgan fingerprint density at radius 2 is 1.89 bits per heavy atom. The average molecular weight is 266 g/mol. The first-order valence-electron chi connectivity index (χ1n) is 7.64. The lowest BCUT2D eigenvalue weighted by Gasteiger charge is -2.44. The van der Waals surface area contributed by atoms with Crippen molar-refractivity contribution in [2.24, 2.45) is 5.92 Å². The van der Waals surface area contributed by atoms with E-state index in [1.165, 1.54) is 6.42 Å². The highest BCUT2D eigenvalue weighted by Gasteiger charge is 2.46. The minimum atomic E-state index is -0.564. The van der Waals surface area contributed by atoms with E-state index < -0.39 is 5.54 Å². The Balaban J connectivity index is 1.99. The lowest BCUT2D eigenvalue weighted by Crippen LogP contribution is -2.67. The number of nitrogens with one attached hydrogen (secondary N) is 1. The summed E-state index contributed by atoms with van der Waals surface area (Å²) in [6.45, 7) is 5.35. The third-order valence-corrected chi connectivity index (χ3v) is 4.33. The summed E-state index contributed by atoms with van der Waals surface area (Å²) in [6.07, 6.45) is 7.01. The minimum Gasteiger partial charge on any atom is -0.340 e. The second kappa shape index (κ2) is 5.93. The second-order valence-corrected chi connectivity index (χ2v) is 6.45. The van der Waals surface area contributed by atoms with Gasteiger partial charge in [0.1, 0.15) is 5.54 Å². The van der Waals surface area contributed by atoms with Gasteiger partial charge >= 0.3 is 0 Å². The van der Waals surface area contributed by atoms with Crippen molar-refractivity contribution in [1.29, 1.82) is 0 Å². The van der Waals surface area contributed by atoms with Crippen LogP contribution in [0.25, 0.3) is 0 Å². The molecule has 1 spiro atoms. The average Bonchev–Trinajstić information content (AvgIpc) is 2.36. The molecule has 0 atom stereocenters. The highest BCUT2D eigenvalue weighted by molar-refractivity contribution is 5.98. The molecule has 0 aromatic rings. The van der Waals surface area contributed by atoms with Crippen molar-refractivity contribution in [1.82, 2.24) is 10.2 Å². The van der Waals surface area contributed by atoms with E-state index in [0.29, 0.717) is 5.92 Å². The van der Waals surface area contributed by atoms with E-state index in [2.05, 4.69) is 19.2 Å². The second-order valence-electron chi connectivity index (χ2n) is 6.45. The number of carbonyl (C=O) groups is 2. The Morgan fingerprint density at radius 1 is 1.21 bits per heavy atom. The van der Waals surface area contributed by atoms with Crippen molar-refractivity contribution >= 4 is 11.8 Å². The summed E-state index contributed by atoms with van der Waals surface area (Å²) in [5, 5.41) is 2.98. The zero-order valence-electron chi connectivity index (χ0n) is 12.2. The Kier molecular flexibility index (Phi) is 4.48. The van der Waals surface area contributed by atoms with Crippen molar-refractivity contribution in [2.45, 2.75) is 64.3 Å². The molecule has 0 bridgehead atoms. The molecule has 2 aliphatic rings. The molecule has 108 valence electrons. The van der Waals surface area contributed by atoms with Gasteiger partial charge in [-0.2, -0.15) is 0 Å². The third kappa shape index (κ3) is 3.28. The fourth-order valence-corrected chi connectivity index (χ4v) is 3.27. The van der Waals surface area contributed by atoms with Crippen LogP contribution in [-0.2, 0) is 9.59 Å². The summed E-state index contributed by atoms with van der Waals surface area (Å²) < 4.78 is 0. The lowest BCUT2D eigenvalue weighted by molar-refractivity contribution is -0.151. The molecule has 0 radical (unpaired) electrons. The van der Waals surface area contributed by atoms with Gasteiger partial charge in [0.25, 0.3) is 0 Å². The molecule has 2 fully saturated rings. The lowest BCUT2D eigenvalue weighted by atomic mass is 9.79. The largest absolute Gasteiger partial charge is 0.340 e. The molecular weight excluding hydrogens is 240 g/mol. The smallest absolute Gasteiger partial charge is 0.248 e. The Morgan fingerprint density at radius 3 is 2.53 bits per heavy atom. The molecule has 1 N–H and O–H groups in total. The maximum Gasteiger partial charge on any atom is 0.248 e. The van der Waals surface area contributed by atoms with Crippen molar-refractivity contribution in [3.05, 3.63) is 0 Å². The Hall–Kier alpha value is -1.06. The van der Waals surface area contributed by atoms with E-state index in [1.807, 2.05) is 0 Å². The SMILES string of the molecule is CC(C)CCCN1CC(=O)NC2(CCCCC2)C1=O. The molecule has 0 unspecified atom stereocenters. The molecule has 1 saturated carbocycles. The van der Waals surface area contributed by atoms with Gasteiger partial charge in [0.05, 0.1) is 6.54 Å². The number of hydrogen-bond donors (Lipinski definition) is 1. The molecule has 1 aliphatic carbocycles. The van der Waals surface area contributed by atoms with Crippen LogP contribution in [-0.4, -0.2) is 35.3 Å². The number of piperazine rings is 1. The summed E-state index contributed by atoms with van der Waals surface area (Å²) in [4.78, 5) is 26.3. The number of nitrogens with zero attached hydrogens (tertiary/aromatic N) is 1. The van der Waals surface area contributed by atoms with Gasteiger partial charge in [-0.3, -0.25) is 9.59 Å². The Labute approximate surface area is 115 Å². The monoisotopic (exact) mass is 266 g/mol. The van der Waals surface area contributed by atoms with E-state index in [-0.39, 0.29) is 18.4 Å². The quantitative estimate of drug-likeness (QED) is 0.847. The molecule has 19 heavy (non-hydrogen) atoms. The number of hydrogen-bond acceptors (Lipinski definition) is 2.